The van der Waals surface area contributed by atoms with Gasteiger partial charge in [-0.15, -0.1) is 0 Å². The number of benzene rings is 1. The van der Waals surface area contributed by atoms with Crippen LogP contribution in [0, 0.1) is 0 Å². The van der Waals surface area contributed by atoms with Crippen LogP contribution in [0.1, 0.15) is 137 Å². The zero-order chi connectivity index (χ0) is 26.7. The SMILES string of the molecule is CCCCCCCCCCCCCCCCCCOC(=O)c1ccccc1C(=O)OC(C)S(=O)(=O)[O-].[K+]. The zero-order valence-corrected chi connectivity index (χ0v) is 27.1. The first-order chi connectivity index (χ1) is 17.3. The monoisotopic (exact) mass is 564 g/mol. The molecule has 0 aromatic heterocycles. The Balaban J connectivity index is 0.0000130. The maximum Gasteiger partial charge on any atom is 1.00 e. The van der Waals surface area contributed by atoms with Gasteiger partial charge in [0.15, 0.2) is 5.44 Å². The molecule has 0 aliphatic carbocycles. The summed E-state index contributed by atoms with van der Waals surface area (Å²) in [7, 11) is -4.79. The van der Waals surface area contributed by atoms with Crippen LogP contribution in [0.2, 0.25) is 0 Å². The van der Waals surface area contributed by atoms with Crippen molar-refractivity contribution in [1.29, 1.82) is 0 Å². The van der Waals surface area contributed by atoms with Crippen molar-refractivity contribution in [3.63, 3.8) is 0 Å². The van der Waals surface area contributed by atoms with Gasteiger partial charge in [0.25, 0.3) is 0 Å². The Kier molecular flexibility index (Phi) is 22.3. The largest absolute Gasteiger partial charge is 1.00 e. The minimum atomic E-state index is -4.79. The van der Waals surface area contributed by atoms with Gasteiger partial charge in [0, 0.05) is 0 Å². The Hall–Kier alpha value is -0.294. The van der Waals surface area contributed by atoms with Gasteiger partial charge < -0.3 is 14.0 Å². The summed E-state index contributed by atoms with van der Waals surface area (Å²) in [5.74, 6) is -1.74. The molecule has 0 amide bonds. The number of unbranched alkanes of at least 4 members (excludes halogenated alkanes) is 15. The first kappa shape index (κ1) is 36.7. The molecule has 1 aromatic rings. The van der Waals surface area contributed by atoms with Gasteiger partial charge in [-0.05, 0) is 25.5 Å². The van der Waals surface area contributed by atoms with Crippen molar-refractivity contribution in [2.45, 2.75) is 122 Å². The van der Waals surface area contributed by atoms with Crippen LogP contribution in [-0.4, -0.2) is 37.0 Å². The molecule has 0 bridgehead atoms. The van der Waals surface area contributed by atoms with E-state index >= 15 is 0 Å². The van der Waals surface area contributed by atoms with E-state index in [9.17, 15) is 22.6 Å². The average Bonchev–Trinajstić information content (AvgIpc) is 2.85. The average molecular weight is 565 g/mol. The first-order valence-electron chi connectivity index (χ1n) is 13.7. The minimum absolute atomic E-state index is 0. The van der Waals surface area contributed by atoms with E-state index in [0.717, 1.165) is 26.2 Å². The van der Waals surface area contributed by atoms with Gasteiger partial charge in [0.2, 0.25) is 0 Å². The second-order valence-electron chi connectivity index (χ2n) is 9.45. The summed E-state index contributed by atoms with van der Waals surface area (Å²) >= 11 is 0. The van der Waals surface area contributed by atoms with Crippen LogP contribution in [0.15, 0.2) is 24.3 Å². The number of rotatable bonds is 21. The van der Waals surface area contributed by atoms with Gasteiger partial charge in [0.05, 0.1) is 17.7 Å². The van der Waals surface area contributed by atoms with Crippen molar-refractivity contribution in [1.82, 2.24) is 0 Å². The van der Waals surface area contributed by atoms with Crippen molar-refractivity contribution in [2.24, 2.45) is 0 Å². The molecule has 9 heteroatoms. The topological polar surface area (TPSA) is 110 Å². The molecular weight excluding hydrogens is 519 g/mol. The number of carbonyl (C=O) groups excluding carboxylic acids is 2. The summed E-state index contributed by atoms with van der Waals surface area (Å²) in [6, 6.07) is 5.82. The molecule has 0 fully saturated rings. The molecule has 206 valence electrons. The third kappa shape index (κ3) is 17.8. The van der Waals surface area contributed by atoms with Crippen LogP contribution in [0.3, 0.4) is 0 Å². The maximum atomic E-state index is 12.4. The normalized spacial score (nSPS) is 12.0. The van der Waals surface area contributed by atoms with E-state index in [4.69, 9.17) is 4.74 Å². The van der Waals surface area contributed by atoms with Crippen molar-refractivity contribution in [3.05, 3.63) is 35.4 Å². The molecule has 0 saturated heterocycles. The quantitative estimate of drug-likeness (QED) is 0.0954. The Labute approximate surface area is 267 Å². The molecular formula is C28H45KO7S. The number of hydrogen-bond acceptors (Lipinski definition) is 7. The Morgan fingerprint density at radius 1 is 0.730 bits per heavy atom. The van der Waals surface area contributed by atoms with Crippen LogP contribution >= 0.6 is 0 Å². The van der Waals surface area contributed by atoms with E-state index in [1.165, 1.54) is 102 Å². The van der Waals surface area contributed by atoms with Crippen LogP contribution in [0.4, 0.5) is 0 Å². The molecule has 0 aliphatic rings. The summed E-state index contributed by atoms with van der Waals surface area (Å²) in [5, 5.41) is 0. The molecule has 0 heterocycles. The van der Waals surface area contributed by atoms with Crippen LogP contribution in [-0.2, 0) is 19.6 Å². The zero-order valence-electron chi connectivity index (χ0n) is 23.2. The van der Waals surface area contributed by atoms with Gasteiger partial charge in [-0.25, -0.2) is 18.0 Å². The molecule has 1 atom stereocenters. The number of esters is 2. The second-order valence-corrected chi connectivity index (χ2v) is 11.1. The molecule has 7 nitrogen and oxygen atoms in total. The van der Waals surface area contributed by atoms with Crippen molar-refractivity contribution >= 4 is 22.1 Å². The fourth-order valence-corrected chi connectivity index (χ4v) is 4.21. The molecule has 37 heavy (non-hydrogen) atoms. The summed E-state index contributed by atoms with van der Waals surface area (Å²) < 4.78 is 42.9. The number of hydrogen-bond donors (Lipinski definition) is 0. The van der Waals surface area contributed by atoms with E-state index in [1.54, 1.807) is 6.07 Å². The van der Waals surface area contributed by atoms with Gasteiger partial charge in [-0.3, -0.25) is 0 Å². The van der Waals surface area contributed by atoms with E-state index in [2.05, 4.69) is 11.7 Å². The van der Waals surface area contributed by atoms with Gasteiger partial charge >= 0.3 is 63.3 Å². The van der Waals surface area contributed by atoms with E-state index in [0.29, 0.717) is 0 Å². The van der Waals surface area contributed by atoms with E-state index < -0.39 is 27.5 Å². The molecule has 0 spiro atoms. The van der Waals surface area contributed by atoms with Crippen LogP contribution in [0.5, 0.6) is 0 Å². The Morgan fingerprint density at radius 3 is 1.51 bits per heavy atom. The van der Waals surface area contributed by atoms with Crippen LogP contribution < -0.4 is 51.4 Å². The first-order valence-corrected chi connectivity index (χ1v) is 15.2. The summed E-state index contributed by atoms with van der Waals surface area (Å²) in [5.41, 5.74) is -2.00. The summed E-state index contributed by atoms with van der Waals surface area (Å²) in [6.45, 7) is 3.47. The second kappa shape index (κ2) is 22.5. The van der Waals surface area contributed by atoms with Crippen molar-refractivity contribution < 1.29 is 83.4 Å². The molecule has 0 aliphatic heterocycles. The Bertz CT molecular complexity index is 858. The van der Waals surface area contributed by atoms with Crippen molar-refractivity contribution in [3.8, 4) is 0 Å². The number of carbonyl (C=O) groups is 2. The molecule has 1 unspecified atom stereocenters. The molecule has 1 aromatic carbocycles. The van der Waals surface area contributed by atoms with E-state index in [1.807, 2.05) is 0 Å². The maximum absolute atomic E-state index is 12.4. The minimum Gasteiger partial charge on any atom is -0.745 e. The predicted molar refractivity (Wildman–Crippen MR) is 141 cm³/mol. The third-order valence-corrected chi connectivity index (χ3v) is 7.19. The van der Waals surface area contributed by atoms with E-state index in [-0.39, 0.29) is 69.1 Å². The van der Waals surface area contributed by atoms with Crippen molar-refractivity contribution in [2.75, 3.05) is 6.61 Å². The van der Waals surface area contributed by atoms with Gasteiger partial charge in [0.1, 0.15) is 10.1 Å². The predicted octanol–water partition coefficient (Wildman–Crippen LogP) is 4.16. The fourth-order valence-electron chi connectivity index (χ4n) is 4.01. The van der Waals surface area contributed by atoms with Crippen LogP contribution in [0.25, 0.3) is 0 Å². The molecule has 0 radical (unpaired) electrons. The number of ether oxygens (including phenoxy) is 2. The Morgan fingerprint density at radius 2 is 1.11 bits per heavy atom. The standard InChI is InChI=1S/C28H46O7S.K/c1-3-4-5-6-7-8-9-10-11-12-13-14-15-16-17-20-23-34-27(29)25-21-18-19-22-26(25)28(30)35-24(2)36(31,32)33;/h18-19,21-22,24H,3-17,20,23H2,1-2H3,(H,31,32,33);/q;+1/p-1. The smallest absolute Gasteiger partial charge is 0.745 e. The third-order valence-electron chi connectivity index (χ3n) is 6.28. The molecule has 1 rings (SSSR count). The fraction of sp³-hybridized carbons (Fsp3) is 0.714. The molecule has 0 saturated carbocycles. The summed E-state index contributed by atoms with van der Waals surface area (Å²) in [6.07, 6.45) is 20.1. The van der Waals surface area contributed by atoms with Gasteiger partial charge in [-0.2, -0.15) is 0 Å². The summed E-state index contributed by atoms with van der Waals surface area (Å²) in [4.78, 5) is 24.6. The molecule has 0 N–H and O–H groups in total. The van der Waals surface area contributed by atoms with Gasteiger partial charge in [-0.1, -0.05) is 115 Å².